The van der Waals surface area contributed by atoms with Crippen LogP contribution in [0.1, 0.15) is 53.2 Å². The number of nitrogens with one attached hydrogen (secondary N) is 8. The molecule has 12 N–H and O–H groups in total. The number of para-hydroxylation sites is 1. The van der Waals surface area contributed by atoms with Crippen LogP contribution in [0.15, 0.2) is 85.1 Å². The Bertz CT molecular complexity index is 2530. The molecule has 0 aliphatic rings. The second-order valence-corrected chi connectivity index (χ2v) is 18.3. The number of carbonyl (C=O) groups is 10. The Hall–Kier alpha value is -7.40. The van der Waals surface area contributed by atoms with Gasteiger partial charge < -0.3 is 58.1 Å². The predicted molar refractivity (Wildman–Crippen MR) is 267 cm³/mol. The number of hydrogen-bond donors (Lipinski definition) is 11. The number of aromatic carboxylic acids is 1. The second-order valence-electron chi connectivity index (χ2n) is 16.4. The fraction of sp³-hybridized carbons (Fsp3) is 0.375. The third-order valence-corrected chi connectivity index (χ3v) is 12.2. The summed E-state index contributed by atoms with van der Waals surface area (Å²) in [6.45, 7) is 0.554. The van der Waals surface area contributed by atoms with Crippen LogP contribution >= 0.6 is 23.5 Å². The molecular weight excluding hydrogens is 959 g/mol. The van der Waals surface area contributed by atoms with Gasteiger partial charge in [0.2, 0.25) is 47.3 Å². The average Bonchev–Trinajstić information content (AvgIpc) is 3.74. The van der Waals surface area contributed by atoms with E-state index in [0.29, 0.717) is 28.2 Å². The topological polar surface area (TPSA) is 337 Å². The van der Waals surface area contributed by atoms with E-state index in [2.05, 4.69) is 42.2 Å². The lowest BCUT2D eigenvalue weighted by Crippen LogP contribution is -2.59. The highest BCUT2D eigenvalue weighted by atomic mass is 32.2. The van der Waals surface area contributed by atoms with Gasteiger partial charge in [-0.1, -0.05) is 60.7 Å². The first-order chi connectivity index (χ1) is 33.9. The van der Waals surface area contributed by atoms with E-state index in [9.17, 15) is 58.2 Å². The molecule has 4 aromatic rings. The van der Waals surface area contributed by atoms with Crippen LogP contribution in [0.3, 0.4) is 0 Å². The van der Waals surface area contributed by atoms with Gasteiger partial charge >= 0.3 is 11.9 Å². The number of benzene rings is 3. The number of aliphatic carboxylic acids is 1. The van der Waals surface area contributed by atoms with Gasteiger partial charge in [0.1, 0.15) is 36.3 Å². The first-order valence-corrected chi connectivity index (χ1v) is 25.1. The maximum absolute atomic E-state index is 14.3. The van der Waals surface area contributed by atoms with Crippen molar-refractivity contribution < 1.29 is 58.2 Å². The number of carbonyl (C=O) groups excluding carboxylic acids is 8. The molecule has 8 amide bonds. The summed E-state index contributed by atoms with van der Waals surface area (Å²) in [5.41, 5.74) is 8.13. The van der Waals surface area contributed by atoms with Crippen molar-refractivity contribution in [3.63, 3.8) is 0 Å². The van der Waals surface area contributed by atoms with Gasteiger partial charge in [0, 0.05) is 43.3 Å². The number of thioether (sulfide) groups is 2. The molecule has 0 spiro atoms. The first-order valence-electron chi connectivity index (χ1n) is 22.3. The fourth-order valence-corrected chi connectivity index (χ4v) is 8.24. The van der Waals surface area contributed by atoms with Crippen molar-refractivity contribution in [1.82, 2.24) is 42.2 Å². The number of fused-ring (bicyclic) bond motifs is 1. The Morgan fingerprint density at radius 1 is 0.577 bits per heavy atom. The number of carboxylic acids is 2. The average molecular weight is 1020 g/mol. The van der Waals surface area contributed by atoms with Crippen molar-refractivity contribution >= 4 is 93.6 Å². The lowest BCUT2D eigenvalue weighted by molar-refractivity contribution is -0.141. The minimum atomic E-state index is -1.70. The Morgan fingerprint density at radius 2 is 1.08 bits per heavy atom. The van der Waals surface area contributed by atoms with Crippen molar-refractivity contribution in [2.45, 2.75) is 81.7 Å². The summed E-state index contributed by atoms with van der Waals surface area (Å²) in [5.74, 6) is -8.33. The van der Waals surface area contributed by atoms with E-state index in [0.717, 1.165) is 10.9 Å². The number of primary amides is 1. The van der Waals surface area contributed by atoms with Gasteiger partial charge in [-0.05, 0) is 71.7 Å². The zero-order chi connectivity index (χ0) is 52.0. The van der Waals surface area contributed by atoms with Crippen LogP contribution in [0.2, 0.25) is 0 Å². The lowest BCUT2D eigenvalue weighted by atomic mass is 10.0. The highest BCUT2D eigenvalue weighted by Gasteiger charge is 2.33. The van der Waals surface area contributed by atoms with Crippen LogP contribution in [0.5, 0.6) is 0 Å². The van der Waals surface area contributed by atoms with Gasteiger partial charge in [-0.15, -0.1) is 0 Å². The number of rotatable bonds is 29. The van der Waals surface area contributed by atoms with Crippen LogP contribution in [-0.4, -0.2) is 141 Å². The molecule has 71 heavy (non-hydrogen) atoms. The van der Waals surface area contributed by atoms with Gasteiger partial charge in [0.15, 0.2) is 0 Å². The number of carboxylic acid groups (broad SMARTS) is 2. The molecule has 1 heterocycles. The normalized spacial score (nSPS) is 13.5. The Balaban J connectivity index is 1.51. The molecule has 380 valence electrons. The summed E-state index contributed by atoms with van der Waals surface area (Å²) in [4.78, 5) is 133. The summed E-state index contributed by atoms with van der Waals surface area (Å²) < 4.78 is 0. The molecule has 1 aromatic heterocycles. The monoisotopic (exact) mass is 1020 g/mol. The molecule has 0 unspecified atom stereocenters. The Labute approximate surface area is 417 Å². The first kappa shape index (κ1) is 56.2. The third kappa shape index (κ3) is 18.5. The van der Waals surface area contributed by atoms with Gasteiger partial charge in [0.05, 0.1) is 18.5 Å². The zero-order valence-electron chi connectivity index (χ0n) is 39.3. The minimum absolute atomic E-state index is 0.00479. The number of hydrogen-bond acceptors (Lipinski definition) is 12. The van der Waals surface area contributed by atoms with E-state index in [4.69, 9.17) is 5.73 Å². The van der Waals surface area contributed by atoms with E-state index in [-0.39, 0.29) is 37.7 Å². The van der Waals surface area contributed by atoms with Crippen molar-refractivity contribution in [2.75, 3.05) is 30.6 Å². The smallest absolute Gasteiger partial charge is 0.335 e. The molecule has 6 atom stereocenters. The van der Waals surface area contributed by atoms with E-state index in [1.807, 2.05) is 6.07 Å². The summed E-state index contributed by atoms with van der Waals surface area (Å²) in [6, 6.07) is 13.5. The maximum Gasteiger partial charge on any atom is 0.335 e. The molecule has 0 aliphatic carbocycles. The van der Waals surface area contributed by atoms with Crippen LogP contribution in [0.4, 0.5) is 0 Å². The summed E-state index contributed by atoms with van der Waals surface area (Å²) in [7, 11) is 0. The van der Waals surface area contributed by atoms with E-state index in [1.165, 1.54) is 54.7 Å². The van der Waals surface area contributed by atoms with Gasteiger partial charge in [-0.3, -0.25) is 43.2 Å². The molecular formula is C48H59N9O12S2. The van der Waals surface area contributed by atoms with Crippen LogP contribution < -0.4 is 43.0 Å². The second kappa shape index (κ2) is 28.3. The molecule has 23 heteroatoms. The van der Waals surface area contributed by atoms with Crippen LogP contribution in [0, 0.1) is 0 Å². The molecule has 0 fully saturated rings. The molecule has 21 nitrogen and oxygen atoms in total. The van der Waals surface area contributed by atoms with Gasteiger partial charge in [-0.25, -0.2) is 4.79 Å². The molecule has 0 saturated heterocycles. The van der Waals surface area contributed by atoms with Crippen LogP contribution in [0.25, 0.3) is 10.9 Å². The Morgan fingerprint density at radius 3 is 1.66 bits per heavy atom. The zero-order valence-corrected chi connectivity index (χ0v) is 40.9. The van der Waals surface area contributed by atoms with Crippen molar-refractivity contribution in [3.05, 3.63) is 107 Å². The predicted octanol–water partition coefficient (Wildman–Crippen LogP) is 0.405. The molecule has 0 radical (unpaired) electrons. The van der Waals surface area contributed by atoms with Gasteiger partial charge in [0.25, 0.3) is 0 Å². The van der Waals surface area contributed by atoms with E-state index in [1.54, 1.807) is 67.2 Å². The van der Waals surface area contributed by atoms with Crippen molar-refractivity contribution in [2.24, 2.45) is 5.73 Å². The fourth-order valence-electron chi connectivity index (χ4n) is 7.29. The van der Waals surface area contributed by atoms with Crippen LogP contribution in [-0.2, 0) is 62.4 Å². The van der Waals surface area contributed by atoms with E-state index < -0.39 is 108 Å². The van der Waals surface area contributed by atoms with E-state index >= 15 is 0 Å². The quantitative estimate of drug-likeness (QED) is 0.0351. The number of nitrogens with two attached hydrogens (primary N) is 1. The molecule has 0 aliphatic heterocycles. The largest absolute Gasteiger partial charge is 0.481 e. The summed E-state index contributed by atoms with van der Waals surface area (Å²) in [5, 5.41) is 37.5. The minimum Gasteiger partial charge on any atom is -0.481 e. The summed E-state index contributed by atoms with van der Waals surface area (Å²) in [6.07, 6.45) is 4.29. The molecule has 0 bridgehead atoms. The number of aromatic nitrogens is 1. The van der Waals surface area contributed by atoms with Crippen molar-refractivity contribution in [3.8, 4) is 0 Å². The molecule has 4 rings (SSSR count). The highest BCUT2D eigenvalue weighted by molar-refractivity contribution is 7.98. The molecule has 3 aromatic carbocycles. The number of aromatic amines is 1. The maximum atomic E-state index is 14.3. The Kier molecular flexibility index (Phi) is 22.4. The van der Waals surface area contributed by atoms with Gasteiger partial charge in [-0.2, -0.15) is 23.5 Å². The molecule has 0 saturated carbocycles. The third-order valence-electron chi connectivity index (χ3n) is 11.0. The number of H-pyrrole nitrogens is 1. The highest BCUT2D eigenvalue weighted by Crippen LogP contribution is 2.20. The van der Waals surface area contributed by atoms with Crippen molar-refractivity contribution in [1.29, 1.82) is 0 Å². The standard InChI is InChI=1S/C48H59N9O12S2/c1-27(58)52-37(22-29-13-15-30(16-14-29)48(68)69)45(65)54-34(17-19-70-2)43(63)51-26-40(59)53-38(23-31-25-50-33-12-8-7-11-32(31)33)46(66)55-35(18-20-71-3)44(64)57-39(24-41(60)61)47(67)56-36(42(49)62)21-28-9-5-4-6-10-28/h4-16,25,34-39,50H,17-24,26H2,1-3H3,(H2,49,62)(H,51,63)(H,52,58)(H,53,59)(H,54,65)(H,55,66)(H,56,67)(H,57,64)(H,60,61)(H,68,69)/t34-,35-,36-,37-,38-,39-/m0/s1. The number of amides is 8. The summed E-state index contributed by atoms with van der Waals surface area (Å²) >= 11 is 2.73. The SMILES string of the molecule is CSCC[C@H](NC(=O)[C@H](Cc1ccc(C(=O)O)cc1)NC(C)=O)C(=O)NCC(=O)N[C@@H](Cc1c[nH]c2ccccc12)C(=O)N[C@@H](CCSC)C(=O)N[C@@H](CC(=O)O)C(=O)N[C@@H](Cc1ccccc1)C(N)=O. The lowest BCUT2D eigenvalue weighted by Gasteiger charge is -2.26.